The van der Waals surface area contributed by atoms with Gasteiger partial charge in [-0.25, -0.2) is 0 Å². The second-order valence-electron chi connectivity index (χ2n) is 7.65. The summed E-state index contributed by atoms with van der Waals surface area (Å²) in [6, 6.07) is 0.295. The van der Waals surface area contributed by atoms with Crippen molar-refractivity contribution < 1.29 is 14.7 Å². The summed E-state index contributed by atoms with van der Waals surface area (Å²) in [5, 5.41) is 9.01. The van der Waals surface area contributed by atoms with E-state index in [0.717, 1.165) is 44.8 Å². The first kappa shape index (κ1) is 19.2. The first-order chi connectivity index (χ1) is 11.5. The van der Waals surface area contributed by atoms with Crippen molar-refractivity contribution in [3.8, 4) is 0 Å². The molecule has 2 rings (SSSR count). The average molecular weight is 338 g/mol. The van der Waals surface area contributed by atoms with Gasteiger partial charge in [0.25, 0.3) is 0 Å². The first-order valence-electron chi connectivity index (χ1n) is 9.75. The van der Waals surface area contributed by atoms with Crippen LogP contribution in [0.5, 0.6) is 0 Å². The third-order valence-corrected chi connectivity index (χ3v) is 5.87. The van der Waals surface area contributed by atoms with Gasteiger partial charge < -0.3 is 10.0 Å². The van der Waals surface area contributed by atoms with Gasteiger partial charge in [0.15, 0.2) is 0 Å². The second kappa shape index (κ2) is 9.40. The van der Waals surface area contributed by atoms with E-state index < -0.39 is 5.97 Å². The van der Waals surface area contributed by atoms with Crippen molar-refractivity contribution in [2.75, 3.05) is 26.2 Å². The fourth-order valence-corrected chi connectivity index (χ4v) is 4.46. The number of likely N-dealkylation sites (tertiary alicyclic amines) is 1. The van der Waals surface area contributed by atoms with E-state index in [1.165, 1.54) is 32.1 Å². The van der Waals surface area contributed by atoms with Crippen molar-refractivity contribution in [1.29, 1.82) is 0 Å². The van der Waals surface area contributed by atoms with Crippen LogP contribution in [0.15, 0.2) is 0 Å². The minimum atomic E-state index is -0.767. The molecule has 2 fully saturated rings. The molecule has 1 N–H and O–H groups in total. The molecule has 0 aromatic carbocycles. The Labute approximate surface area is 146 Å². The largest absolute Gasteiger partial charge is 0.480 e. The average Bonchev–Trinajstić information content (AvgIpc) is 2.60. The van der Waals surface area contributed by atoms with Crippen molar-refractivity contribution in [2.45, 2.75) is 71.3 Å². The van der Waals surface area contributed by atoms with E-state index in [4.69, 9.17) is 5.11 Å². The molecule has 0 spiro atoms. The van der Waals surface area contributed by atoms with Crippen LogP contribution in [0.4, 0.5) is 0 Å². The lowest BCUT2D eigenvalue weighted by atomic mass is 9.83. The summed E-state index contributed by atoms with van der Waals surface area (Å²) in [7, 11) is 0. The Morgan fingerprint density at radius 2 is 1.75 bits per heavy atom. The number of hydrogen-bond donors (Lipinski definition) is 1. The molecular weight excluding hydrogens is 304 g/mol. The van der Waals surface area contributed by atoms with Crippen LogP contribution in [-0.2, 0) is 9.59 Å². The van der Waals surface area contributed by atoms with E-state index in [-0.39, 0.29) is 12.5 Å². The van der Waals surface area contributed by atoms with Gasteiger partial charge in [0.05, 0.1) is 6.54 Å². The number of nitrogens with zero attached hydrogens (tertiary/aromatic N) is 2. The van der Waals surface area contributed by atoms with E-state index in [9.17, 15) is 9.59 Å². The van der Waals surface area contributed by atoms with E-state index >= 15 is 0 Å². The lowest BCUT2D eigenvalue weighted by Gasteiger charge is -2.38. The normalized spacial score (nSPS) is 21.9. The van der Waals surface area contributed by atoms with Crippen LogP contribution in [0.3, 0.4) is 0 Å². The summed E-state index contributed by atoms with van der Waals surface area (Å²) >= 11 is 0. The summed E-state index contributed by atoms with van der Waals surface area (Å²) in [6.45, 7) is 6.50. The quantitative estimate of drug-likeness (QED) is 0.775. The zero-order valence-electron chi connectivity index (χ0n) is 15.4. The molecule has 0 aromatic rings. The summed E-state index contributed by atoms with van der Waals surface area (Å²) in [5.41, 5.74) is 0. The number of piperidine rings is 1. The topological polar surface area (TPSA) is 60.9 Å². The number of aliphatic carboxylic acids is 1. The van der Waals surface area contributed by atoms with Crippen LogP contribution in [0.2, 0.25) is 0 Å². The fourth-order valence-electron chi connectivity index (χ4n) is 4.46. The molecule has 0 aromatic heterocycles. The van der Waals surface area contributed by atoms with Crippen LogP contribution in [0.25, 0.3) is 0 Å². The molecule has 5 nitrogen and oxygen atoms in total. The molecule has 1 amide bonds. The summed E-state index contributed by atoms with van der Waals surface area (Å²) < 4.78 is 0. The highest BCUT2D eigenvalue weighted by Crippen LogP contribution is 2.30. The molecule has 0 radical (unpaired) electrons. The van der Waals surface area contributed by atoms with Crippen LogP contribution in [0, 0.1) is 11.8 Å². The molecule has 5 heteroatoms. The standard InChI is InChI=1S/C19H34N2O3/c1-3-20(14-18(22)23)17-9-11-21(12-10-17)19(24)15(2)13-16-7-5-4-6-8-16/h15-17H,3-14H2,1-2H3,(H,22,23). The van der Waals surface area contributed by atoms with Crippen LogP contribution in [-0.4, -0.2) is 59.0 Å². The Balaban J connectivity index is 1.77. The predicted molar refractivity (Wildman–Crippen MR) is 94.8 cm³/mol. The summed E-state index contributed by atoms with van der Waals surface area (Å²) in [5.74, 6) is 0.407. The molecule has 1 heterocycles. The molecular formula is C19H34N2O3. The van der Waals surface area contributed by atoms with Crippen molar-refractivity contribution in [2.24, 2.45) is 11.8 Å². The highest BCUT2D eigenvalue weighted by Gasteiger charge is 2.30. The maximum Gasteiger partial charge on any atom is 0.317 e. The zero-order valence-corrected chi connectivity index (χ0v) is 15.4. The number of hydrogen-bond acceptors (Lipinski definition) is 3. The number of amides is 1. The highest BCUT2D eigenvalue weighted by atomic mass is 16.4. The van der Waals surface area contributed by atoms with Gasteiger partial charge in [0, 0.05) is 25.0 Å². The smallest absolute Gasteiger partial charge is 0.317 e. The third-order valence-electron chi connectivity index (χ3n) is 5.87. The zero-order chi connectivity index (χ0) is 17.5. The van der Waals surface area contributed by atoms with Crippen LogP contribution in [0.1, 0.15) is 65.2 Å². The minimum Gasteiger partial charge on any atom is -0.480 e. The number of rotatable bonds is 7. The molecule has 1 aliphatic heterocycles. The molecule has 0 bridgehead atoms. The molecule has 1 saturated heterocycles. The first-order valence-corrected chi connectivity index (χ1v) is 9.75. The fraction of sp³-hybridized carbons (Fsp3) is 0.895. The predicted octanol–water partition coefficient (Wildman–Crippen LogP) is 2.99. The van der Waals surface area contributed by atoms with Gasteiger partial charge in [-0.3, -0.25) is 14.5 Å². The maximum atomic E-state index is 12.7. The number of carbonyl (C=O) groups is 2. The van der Waals surface area contributed by atoms with Gasteiger partial charge in [0.2, 0.25) is 5.91 Å². The van der Waals surface area contributed by atoms with E-state index in [1.54, 1.807) is 0 Å². The van der Waals surface area contributed by atoms with Crippen molar-refractivity contribution in [3.05, 3.63) is 0 Å². The van der Waals surface area contributed by atoms with Crippen molar-refractivity contribution >= 4 is 11.9 Å². The SMILES string of the molecule is CCN(CC(=O)O)C1CCN(C(=O)C(C)CC2CCCCC2)CC1. The number of likely N-dealkylation sites (N-methyl/N-ethyl adjacent to an activating group) is 1. The lowest BCUT2D eigenvalue weighted by Crippen LogP contribution is -2.49. The van der Waals surface area contributed by atoms with Gasteiger partial charge in [0.1, 0.15) is 0 Å². The minimum absolute atomic E-state index is 0.104. The Morgan fingerprint density at radius 3 is 2.29 bits per heavy atom. The van der Waals surface area contributed by atoms with E-state index in [0.29, 0.717) is 11.9 Å². The Morgan fingerprint density at radius 1 is 1.12 bits per heavy atom. The Kier molecular flexibility index (Phi) is 7.53. The number of carboxylic acid groups (broad SMARTS) is 1. The number of carbonyl (C=O) groups excluding carboxylic acids is 1. The Hall–Kier alpha value is -1.10. The summed E-state index contributed by atoms with van der Waals surface area (Å²) in [4.78, 5) is 27.7. The van der Waals surface area contributed by atoms with Crippen molar-refractivity contribution in [1.82, 2.24) is 9.80 Å². The Bertz CT molecular complexity index is 413. The molecule has 138 valence electrons. The third kappa shape index (κ3) is 5.47. The lowest BCUT2D eigenvalue weighted by molar-refractivity contribution is -0.141. The van der Waals surface area contributed by atoms with Crippen LogP contribution >= 0.6 is 0 Å². The van der Waals surface area contributed by atoms with E-state index in [2.05, 4.69) is 6.92 Å². The molecule has 24 heavy (non-hydrogen) atoms. The molecule has 1 saturated carbocycles. The summed E-state index contributed by atoms with van der Waals surface area (Å²) in [6.07, 6.45) is 9.42. The molecule has 1 atom stereocenters. The maximum absolute atomic E-state index is 12.7. The second-order valence-corrected chi connectivity index (χ2v) is 7.65. The molecule has 1 aliphatic carbocycles. The van der Waals surface area contributed by atoms with Gasteiger partial charge >= 0.3 is 5.97 Å². The van der Waals surface area contributed by atoms with Gasteiger partial charge in [-0.2, -0.15) is 0 Å². The molecule has 1 unspecified atom stereocenters. The number of carboxylic acids is 1. The van der Waals surface area contributed by atoms with Gasteiger partial charge in [-0.1, -0.05) is 46.0 Å². The van der Waals surface area contributed by atoms with E-state index in [1.807, 2.05) is 16.7 Å². The van der Waals surface area contributed by atoms with Gasteiger partial charge in [-0.15, -0.1) is 0 Å². The highest BCUT2D eigenvalue weighted by molar-refractivity contribution is 5.78. The monoisotopic (exact) mass is 338 g/mol. The van der Waals surface area contributed by atoms with Crippen LogP contribution < -0.4 is 0 Å². The van der Waals surface area contributed by atoms with Crippen molar-refractivity contribution in [3.63, 3.8) is 0 Å². The molecule has 2 aliphatic rings. The van der Waals surface area contributed by atoms with Gasteiger partial charge in [-0.05, 0) is 31.7 Å².